The number of aliphatic hydroxyl groups is 1. The zero-order chi connectivity index (χ0) is 15.1. The molecule has 2 rings (SSSR count). The number of hydrogen-bond donors (Lipinski definition) is 2. The van der Waals surface area contributed by atoms with E-state index in [1.165, 1.54) is 5.56 Å². The quantitative estimate of drug-likeness (QED) is 0.804. The first kappa shape index (κ1) is 16.4. The fraction of sp³-hybridized carbons (Fsp3) is 0.647. The van der Waals surface area contributed by atoms with Crippen molar-refractivity contribution in [1.29, 1.82) is 0 Å². The molecule has 0 saturated carbocycles. The van der Waals surface area contributed by atoms with Crippen molar-refractivity contribution in [3.8, 4) is 0 Å². The Kier molecular flexibility index (Phi) is 6.64. The lowest BCUT2D eigenvalue weighted by atomic mass is 10.0. The van der Waals surface area contributed by atoms with Crippen molar-refractivity contribution in [1.82, 2.24) is 10.2 Å². The molecule has 0 radical (unpaired) electrons. The summed E-state index contributed by atoms with van der Waals surface area (Å²) < 4.78 is 5.60. The molecule has 3 atom stereocenters. The van der Waals surface area contributed by atoms with Gasteiger partial charge in [0.1, 0.15) is 0 Å². The van der Waals surface area contributed by atoms with Gasteiger partial charge in [-0.25, -0.2) is 0 Å². The van der Waals surface area contributed by atoms with Gasteiger partial charge < -0.3 is 15.2 Å². The standard InChI is InChI=1S/C17H28N2O2/c1-3-18-17(15-7-5-4-6-8-15)9-10-19-11-16(12-20)21-13-14(19)2/h4-8,14,16-18,20H,3,9-13H2,1-2H3. The Hall–Kier alpha value is -0.940. The molecule has 0 spiro atoms. The minimum atomic E-state index is -0.0319. The van der Waals surface area contributed by atoms with Crippen molar-refractivity contribution in [2.45, 2.75) is 38.5 Å². The lowest BCUT2D eigenvalue weighted by Crippen LogP contribution is -2.50. The summed E-state index contributed by atoms with van der Waals surface area (Å²) in [4.78, 5) is 2.43. The smallest absolute Gasteiger partial charge is 0.0933 e. The first-order chi connectivity index (χ1) is 10.2. The third-order valence-electron chi connectivity index (χ3n) is 4.20. The van der Waals surface area contributed by atoms with Crippen LogP contribution in [0, 0.1) is 0 Å². The summed E-state index contributed by atoms with van der Waals surface area (Å²) in [5.41, 5.74) is 1.35. The third-order valence-corrected chi connectivity index (χ3v) is 4.20. The summed E-state index contributed by atoms with van der Waals surface area (Å²) in [5, 5.41) is 12.8. The van der Waals surface area contributed by atoms with E-state index in [0.717, 1.165) is 26.1 Å². The molecule has 4 heteroatoms. The van der Waals surface area contributed by atoms with Crippen molar-refractivity contribution in [2.75, 3.05) is 32.8 Å². The average molecular weight is 292 g/mol. The second kappa shape index (κ2) is 8.49. The molecule has 1 aliphatic heterocycles. The summed E-state index contributed by atoms with van der Waals surface area (Å²) in [6.45, 7) is 7.98. The van der Waals surface area contributed by atoms with Crippen molar-refractivity contribution in [2.24, 2.45) is 0 Å². The maximum Gasteiger partial charge on any atom is 0.0933 e. The van der Waals surface area contributed by atoms with Crippen LogP contribution < -0.4 is 5.32 Å². The molecule has 3 unspecified atom stereocenters. The summed E-state index contributed by atoms with van der Waals surface area (Å²) in [7, 11) is 0. The molecule has 0 bridgehead atoms. The Morgan fingerprint density at radius 2 is 2.14 bits per heavy atom. The average Bonchev–Trinajstić information content (AvgIpc) is 2.53. The fourth-order valence-corrected chi connectivity index (χ4v) is 2.91. The van der Waals surface area contributed by atoms with Crippen LogP contribution in [-0.4, -0.2) is 55.0 Å². The number of benzene rings is 1. The van der Waals surface area contributed by atoms with Gasteiger partial charge >= 0.3 is 0 Å². The van der Waals surface area contributed by atoms with E-state index < -0.39 is 0 Å². The zero-order valence-corrected chi connectivity index (χ0v) is 13.2. The molecule has 118 valence electrons. The van der Waals surface area contributed by atoms with Crippen molar-refractivity contribution >= 4 is 0 Å². The summed E-state index contributed by atoms with van der Waals surface area (Å²) in [6.07, 6.45) is 1.04. The minimum absolute atomic E-state index is 0.0319. The van der Waals surface area contributed by atoms with Crippen LogP contribution in [0.5, 0.6) is 0 Å². The number of rotatable bonds is 7. The van der Waals surface area contributed by atoms with Crippen LogP contribution in [0.2, 0.25) is 0 Å². The van der Waals surface area contributed by atoms with Gasteiger partial charge in [0, 0.05) is 25.2 Å². The van der Waals surface area contributed by atoms with E-state index in [2.05, 4.69) is 54.4 Å². The number of ether oxygens (including phenoxy) is 1. The zero-order valence-electron chi connectivity index (χ0n) is 13.2. The third kappa shape index (κ3) is 4.78. The number of morpholine rings is 1. The SMILES string of the molecule is CCNC(CCN1CC(CO)OCC1C)c1ccccc1. The molecule has 1 fully saturated rings. The van der Waals surface area contributed by atoms with Crippen LogP contribution in [0.3, 0.4) is 0 Å². The van der Waals surface area contributed by atoms with E-state index in [1.54, 1.807) is 0 Å². The van der Waals surface area contributed by atoms with Crippen LogP contribution in [-0.2, 0) is 4.74 Å². The molecule has 1 saturated heterocycles. The van der Waals surface area contributed by atoms with E-state index in [-0.39, 0.29) is 12.7 Å². The van der Waals surface area contributed by atoms with Crippen molar-refractivity contribution in [3.05, 3.63) is 35.9 Å². The molecular weight excluding hydrogens is 264 g/mol. The predicted molar refractivity (Wildman–Crippen MR) is 85.3 cm³/mol. The van der Waals surface area contributed by atoms with Gasteiger partial charge in [-0.05, 0) is 25.5 Å². The molecule has 21 heavy (non-hydrogen) atoms. The summed E-state index contributed by atoms with van der Waals surface area (Å²) in [5.74, 6) is 0. The summed E-state index contributed by atoms with van der Waals surface area (Å²) >= 11 is 0. The van der Waals surface area contributed by atoms with Crippen molar-refractivity contribution < 1.29 is 9.84 Å². The number of hydrogen-bond acceptors (Lipinski definition) is 4. The molecule has 0 aromatic heterocycles. The Balaban J connectivity index is 1.91. The van der Waals surface area contributed by atoms with Gasteiger partial charge in [0.25, 0.3) is 0 Å². The van der Waals surface area contributed by atoms with E-state index in [0.29, 0.717) is 18.7 Å². The van der Waals surface area contributed by atoms with Gasteiger partial charge in [-0.3, -0.25) is 4.90 Å². The highest BCUT2D eigenvalue weighted by molar-refractivity contribution is 5.18. The molecule has 4 nitrogen and oxygen atoms in total. The second-order valence-corrected chi connectivity index (χ2v) is 5.79. The molecule has 0 amide bonds. The summed E-state index contributed by atoms with van der Waals surface area (Å²) in [6, 6.07) is 11.4. The first-order valence-corrected chi connectivity index (χ1v) is 7.99. The fourth-order valence-electron chi connectivity index (χ4n) is 2.91. The predicted octanol–water partition coefficient (Wildman–Crippen LogP) is 1.81. The van der Waals surface area contributed by atoms with Gasteiger partial charge in [0.2, 0.25) is 0 Å². The molecule has 1 aromatic rings. The largest absolute Gasteiger partial charge is 0.394 e. The van der Waals surface area contributed by atoms with E-state index in [9.17, 15) is 5.11 Å². The molecular formula is C17H28N2O2. The van der Waals surface area contributed by atoms with Gasteiger partial charge in [-0.2, -0.15) is 0 Å². The second-order valence-electron chi connectivity index (χ2n) is 5.79. The lowest BCUT2D eigenvalue weighted by molar-refractivity contribution is -0.0784. The highest BCUT2D eigenvalue weighted by Gasteiger charge is 2.26. The topological polar surface area (TPSA) is 44.7 Å². The van der Waals surface area contributed by atoms with Crippen LogP contribution in [0.1, 0.15) is 31.9 Å². The molecule has 2 N–H and O–H groups in total. The first-order valence-electron chi connectivity index (χ1n) is 7.99. The lowest BCUT2D eigenvalue weighted by Gasteiger charge is -2.38. The van der Waals surface area contributed by atoms with E-state index in [4.69, 9.17) is 4.74 Å². The van der Waals surface area contributed by atoms with Gasteiger partial charge in [0.05, 0.1) is 19.3 Å². The van der Waals surface area contributed by atoms with E-state index >= 15 is 0 Å². The normalized spacial score (nSPS) is 24.9. The van der Waals surface area contributed by atoms with E-state index in [1.807, 2.05) is 0 Å². The van der Waals surface area contributed by atoms with Gasteiger partial charge in [-0.15, -0.1) is 0 Å². The Morgan fingerprint density at radius 1 is 1.38 bits per heavy atom. The minimum Gasteiger partial charge on any atom is -0.394 e. The monoisotopic (exact) mass is 292 g/mol. The molecule has 0 aliphatic carbocycles. The van der Waals surface area contributed by atoms with Crippen LogP contribution in [0.4, 0.5) is 0 Å². The maximum atomic E-state index is 9.27. The Bertz CT molecular complexity index is 399. The van der Waals surface area contributed by atoms with Crippen LogP contribution in [0.25, 0.3) is 0 Å². The van der Waals surface area contributed by atoms with Crippen molar-refractivity contribution in [3.63, 3.8) is 0 Å². The molecule has 1 heterocycles. The number of aliphatic hydroxyl groups excluding tert-OH is 1. The highest BCUT2D eigenvalue weighted by atomic mass is 16.5. The highest BCUT2D eigenvalue weighted by Crippen LogP contribution is 2.19. The van der Waals surface area contributed by atoms with Crippen LogP contribution in [0.15, 0.2) is 30.3 Å². The van der Waals surface area contributed by atoms with Crippen LogP contribution >= 0.6 is 0 Å². The maximum absolute atomic E-state index is 9.27. The van der Waals surface area contributed by atoms with Gasteiger partial charge in [-0.1, -0.05) is 37.3 Å². The number of nitrogens with zero attached hydrogens (tertiary/aromatic N) is 1. The molecule has 1 aromatic carbocycles. The Labute approximate surface area is 128 Å². The Morgan fingerprint density at radius 3 is 2.81 bits per heavy atom. The van der Waals surface area contributed by atoms with Gasteiger partial charge in [0.15, 0.2) is 0 Å². The molecule has 1 aliphatic rings. The number of nitrogens with one attached hydrogen (secondary N) is 1.